The molecule has 1 fully saturated rings. The van der Waals surface area contributed by atoms with Gasteiger partial charge in [0.2, 0.25) is 15.9 Å². The number of aryl methyl sites for hydroxylation is 1. The lowest BCUT2D eigenvalue weighted by molar-refractivity contribution is -0.135. The molecule has 1 aromatic rings. The van der Waals surface area contributed by atoms with Gasteiger partial charge in [-0.2, -0.15) is 0 Å². The van der Waals surface area contributed by atoms with E-state index in [1.165, 1.54) is 21.0 Å². The lowest BCUT2D eigenvalue weighted by Crippen LogP contribution is -2.42. The number of carbonyl (C=O) groups is 1. The average molecular weight is 330 g/mol. The highest BCUT2D eigenvalue weighted by Gasteiger charge is 2.30. The van der Waals surface area contributed by atoms with Crippen molar-refractivity contribution in [1.82, 2.24) is 9.21 Å². The first-order valence-electron chi connectivity index (χ1n) is 7.02. The van der Waals surface area contributed by atoms with Gasteiger partial charge in [0.1, 0.15) is 0 Å². The molecule has 2 heterocycles. The monoisotopic (exact) mass is 330 g/mol. The second-order valence-corrected chi connectivity index (χ2v) is 8.64. The molecule has 0 aliphatic carbocycles. The Bertz CT molecular complexity index is 601. The summed E-state index contributed by atoms with van der Waals surface area (Å²) in [5.41, 5.74) is 1.21. The molecule has 0 radical (unpaired) electrons. The molecule has 0 N–H and O–H groups in total. The van der Waals surface area contributed by atoms with Crippen LogP contribution in [0.25, 0.3) is 0 Å². The Kier molecular flexibility index (Phi) is 5.06. The van der Waals surface area contributed by atoms with Crippen LogP contribution in [0.3, 0.4) is 0 Å². The molecule has 0 saturated carbocycles. The van der Waals surface area contributed by atoms with Gasteiger partial charge in [0, 0.05) is 30.9 Å². The maximum Gasteiger partial charge on any atom is 0.225 e. The molecule has 1 aliphatic heterocycles. The van der Waals surface area contributed by atoms with Gasteiger partial charge >= 0.3 is 0 Å². The number of hydrogen-bond donors (Lipinski definition) is 0. The van der Waals surface area contributed by atoms with Crippen molar-refractivity contribution in [2.45, 2.75) is 26.3 Å². The minimum atomic E-state index is -3.13. The number of sulfonamides is 1. The van der Waals surface area contributed by atoms with Crippen LogP contribution in [0.4, 0.5) is 0 Å². The summed E-state index contributed by atoms with van der Waals surface area (Å²) in [7, 11) is -1.31. The van der Waals surface area contributed by atoms with E-state index < -0.39 is 10.0 Å². The molecule has 0 aromatic carbocycles. The van der Waals surface area contributed by atoms with Gasteiger partial charge in [-0.05, 0) is 36.8 Å². The first-order chi connectivity index (χ1) is 9.79. The summed E-state index contributed by atoms with van der Waals surface area (Å²) >= 11 is 1.66. The number of amides is 1. The zero-order valence-electron chi connectivity index (χ0n) is 12.7. The fraction of sp³-hybridized carbons (Fsp3) is 0.643. The van der Waals surface area contributed by atoms with Gasteiger partial charge in [0.05, 0.1) is 12.8 Å². The van der Waals surface area contributed by atoms with E-state index in [9.17, 15) is 13.2 Å². The summed E-state index contributed by atoms with van der Waals surface area (Å²) < 4.78 is 24.4. The van der Waals surface area contributed by atoms with Gasteiger partial charge in [-0.1, -0.05) is 0 Å². The van der Waals surface area contributed by atoms with Gasteiger partial charge in [0.25, 0.3) is 0 Å². The number of nitrogens with zero attached hydrogens (tertiary/aromatic N) is 2. The summed E-state index contributed by atoms with van der Waals surface area (Å²) in [5, 5.41) is 2.04. The number of rotatable bonds is 4. The maximum atomic E-state index is 12.5. The summed E-state index contributed by atoms with van der Waals surface area (Å²) in [6, 6.07) is 2.06. The van der Waals surface area contributed by atoms with E-state index >= 15 is 0 Å². The third kappa shape index (κ3) is 4.05. The van der Waals surface area contributed by atoms with Crippen molar-refractivity contribution >= 4 is 27.3 Å². The van der Waals surface area contributed by atoms with Crippen LogP contribution in [0.1, 0.15) is 23.3 Å². The molecule has 2 rings (SSSR count). The van der Waals surface area contributed by atoms with Gasteiger partial charge in [-0.15, -0.1) is 11.3 Å². The molecule has 118 valence electrons. The van der Waals surface area contributed by atoms with Gasteiger partial charge < -0.3 is 4.90 Å². The van der Waals surface area contributed by atoms with E-state index in [0.717, 1.165) is 0 Å². The molecule has 0 atom stereocenters. The van der Waals surface area contributed by atoms with Crippen molar-refractivity contribution in [3.63, 3.8) is 0 Å². The first-order valence-corrected chi connectivity index (χ1v) is 9.75. The van der Waals surface area contributed by atoms with Crippen LogP contribution < -0.4 is 0 Å². The number of thiophene rings is 1. The van der Waals surface area contributed by atoms with Crippen LogP contribution in [0.15, 0.2) is 11.4 Å². The standard InChI is InChI=1S/C14H22N2O3S2/c1-11-6-9-20-13(11)10-15(2)14(17)12-4-7-16(8-5-12)21(3,18)19/h6,9,12H,4-5,7-8,10H2,1-3H3. The molecule has 0 unspecified atom stereocenters. The Labute approximate surface area is 130 Å². The predicted molar refractivity (Wildman–Crippen MR) is 84.7 cm³/mol. The van der Waals surface area contributed by atoms with Crippen LogP contribution in [-0.4, -0.2) is 49.9 Å². The largest absolute Gasteiger partial charge is 0.340 e. The molecule has 0 spiro atoms. The second kappa shape index (κ2) is 6.46. The quantitative estimate of drug-likeness (QED) is 0.844. The van der Waals surface area contributed by atoms with Gasteiger partial charge in [-0.25, -0.2) is 12.7 Å². The van der Waals surface area contributed by atoms with Crippen LogP contribution in [0, 0.1) is 12.8 Å². The lowest BCUT2D eigenvalue weighted by Gasteiger charge is -2.31. The maximum absolute atomic E-state index is 12.5. The molecule has 1 aromatic heterocycles. The van der Waals surface area contributed by atoms with Crippen molar-refractivity contribution < 1.29 is 13.2 Å². The molecular formula is C14H22N2O3S2. The Hall–Kier alpha value is -0.920. The molecule has 1 saturated heterocycles. The normalized spacial score (nSPS) is 17.9. The highest BCUT2D eigenvalue weighted by atomic mass is 32.2. The van der Waals surface area contributed by atoms with E-state index in [1.807, 2.05) is 12.4 Å². The Morgan fingerprint density at radius 2 is 2.05 bits per heavy atom. The van der Waals surface area contributed by atoms with Crippen molar-refractivity contribution in [2.75, 3.05) is 26.4 Å². The van der Waals surface area contributed by atoms with E-state index in [0.29, 0.717) is 32.5 Å². The summed E-state index contributed by atoms with van der Waals surface area (Å²) in [4.78, 5) is 15.4. The summed E-state index contributed by atoms with van der Waals surface area (Å²) in [6.45, 7) is 3.57. The van der Waals surface area contributed by atoms with Crippen LogP contribution in [-0.2, 0) is 21.4 Å². The highest BCUT2D eigenvalue weighted by molar-refractivity contribution is 7.88. The zero-order chi connectivity index (χ0) is 15.6. The summed E-state index contributed by atoms with van der Waals surface area (Å²) in [5.74, 6) is 0.0595. The van der Waals surface area contributed by atoms with Crippen LogP contribution in [0.5, 0.6) is 0 Å². The van der Waals surface area contributed by atoms with Gasteiger partial charge in [-0.3, -0.25) is 4.79 Å². The lowest BCUT2D eigenvalue weighted by atomic mass is 9.96. The summed E-state index contributed by atoms with van der Waals surface area (Å²) in [6.07, 6.45) is 2.44. The topological polar surface area (TPSA) is 57.7 Å². The van der Waals surface area contributed by atoms with Gasteiger partial charge in [0.15, 0.2) is 0 Å². The van der Waals surface area contributed by atoms with Crippen LogP contribution in [0.2, 0.25) is 0 Å². The molecule has 7 heteroatoms. The molecule has 5 nitrogen and oxygen atoms in total. The second-order valence-electron chi connectivity index (χ2n) is 5.66. The van der Waals surface area contributed by atoms with Crippen molar-refractivity contribution in [3.8, 4) is 0 Å². The molecular weight excluding hydrogens is 308 g/mol. The fourth-order valence-electron chi connectivity index (χ4n) is 2.61. The zero-order valence-corrected chi connectivity index (χ0v) is 14.3. The van der Waals surface area contributed by atoms with Crippen molar-refractivity contribution in [2.24, 2.45) is 5.92 Å². The number of carbonyl (C=O) groups excluding carboxylic acids is 1. The smallest absolute Gasteiger partial charge is 0.225 e. The van der Waals surface area contributed by atoms with Crippen molar-refractivity contribution in [1.29, 1.82) is 0 Å². The molecule has 21 heavy (non-hydrogen) atoms. The Morgan fingerprint density at radius 1 is 1.43 bits per heavy atom. The third-order valence-corrected chi connectivity index (χ3v) is 6.31. The van der Waals surface area contributed by atoms with Crippen LogP contribution >= 0.6 is 11.3 Å². The Morgan fingerprint density at radius 3 is 2.52 bits per heavy atom. The van der Waals surface area contributed by atoms with E-state index in [2.05, 4.69) is 13.0 Å². The molecule has 1 amide bonds. The third-order valence-electron chi connectivity index (χ3n) is 4.00. The molecule has 0 bridgehead atoms. The Balaban J connectivity index is 1.91. The predicted octanol–water partition coefficient (Wildman–Crippen LogP) is 1.69. The van der Waals surface area contributed by atoms with Crippen molar-refractivity contribution in [3.05, 3.63) is 21.9 Å². The average Bonchev–Trinajstić information content (AvgIpc) is 2.82. The number of hydrogen-bond acceptors (Lipinski definition) is 4. The highest BCUT2D eigenvalue weighted by Crippen LogP contribution is 2.23. The molecule has 1 aliphatic rings. The van der Waals surface area contributed by atoms with E-state index in [-0.39, 0.29) is 11.8 Å². The number of piperidine rings is 1. The fourth-order valence-corrected chi connectivity index (χ4v) is 4.44. The minimum absolute atomic E-state index is 0.0618. The first kappa shape index (κ1) is 16.5. The SMILES string of the molecule is Cc1ccsc1CN(C)C(=O)C1CCN(S(C)(=O)=O)CC1. The van der Waals surface area contributed by atoms with E-state index in [4.69, 9.17) is 0 Å². The minimum Gasteiger partial charge on any atom is -0.340 e. The van der Waals surface area contributed by atoms with E-state index in [1.54, 1.807) is 16.2 Å².